The number of aromatic amines is 1. The van der Waals surface area contributed by atoms with Crippen LogP contribution in [0.2, 0.25) is 0 Å². The number of fused-ring (bicyclic) bond motifs is 1. The molecule has 9 nitrogen and oxygen atoms in total. The Kier molecular flexibility index (Phi) is 4.12. The van der Waals surface area contributed by atoms with Crippen LogP contribution in [0.5, 0.6) is 0 Å². The summed E-state index contributed by atoms with van der Waals surface area (Å²) in [5, 5.41) is 15.4. The fourth-order valence-electron chi connectivity index (χ4n) is 3.46. The SMILES string of the molecule is Cc1ccc(Cc2nc(N3CC[C@H](Nc4ncnc5[nH]ncc45)C3)no2)cc1. The molecule has 0 amide bonds. The van der Waals surface area contributed by atoms with Gasteiger partial charge in [0.2, 0.25) is 5.89 Å². The van der Waals surface area contributed by atoms with Gasteiger partial charge >= 0.3 is 0 Å². The molecule has 3 aromatic heterocycles. The molecule has 0 unspecified atom stereocenters. The molecular formula is C19H20N8O. The molecule has 1 saturated heterocycles. The molecule has 142 valence electrons. The predicted molar refractivity (Wildman–Crippen MR) is 104 cm³/mol. The average Bonchev–Trinajstić information content (AvgIpc) is 3.44. The molecule has 1 aromatic carbocycles. The van der Waals surface area contributed by atoms with Gasteiger partial charge in [0.05, 0.1) is 18.0 Å². The van der Waals surface area contributed by atoms with E-state index in [1.807, 2.05) is 0 Å². The molecule has 0 radical (unpaired) electrons. The first-order valence-corrected chi connectivity index (χ1v) is 9.28. The van der Waals surface area contributed by atoms with Crippen molar-refractivity contribution in [3.8, 4) is 0 Å². The molecule has 2 N–H and O–H groups in total. The minimum absolute atomic E-state index is 0.243. The fraction of sp³-hybridized carbons (Fsp3) is 0.316. The van der Waals surface area contributed by atoms with Crippen molar-refractivity contribution in [2.75, 3.05) is 23.3 Å². The average molecular weight is 376 g/mol. The van der Waals surface area contributed by atoms with E-state index in [1.165, 1.54) is 11.9 Å². The van der Waals surface area contributed by atoms with Crippen LogP contribution < -0.4 is 10.2 Å². The summed E-state index contributed by atoms with van der Waals surface area (Å²) in [6, 6.07) is 8.61. The quantitative estimate of drug-likeness (QED) is 0.546. The first-order valence-electron chi connectivity index (χ1n) is 9.28. The van der Waals surface area contributed by atoms with Gasteiger partial charge in [0.25, 0.3) is 5.95 Å². The second-order valence-corrected chi connectivity index (χ2v) is 7.08. The summed E-state index contributed by atoms with van der Waals surface area (Å²) in [6.07, 6.45) is 4.88. The van der Waals surface area contributed by atoms with Gasteiger partial charge in [0.15, 0.2) is 5.65 Å². The first kappa shape index (κ1) is 16.7. The molecule has 4 heterocycles. The van der Waals surface area contributed by atoms with E-state index in [4.69, 9.17) is 4.52 Å². The van der Waals surface area contributed by atoms with E-state index in [-0.39, 0.29) is 6.04 Å². The molecule has 0 saturated carbocycles. The fourth-order valence-corrected chi connectivity index (χ4v) is 3.46. The Balaban J connectivity index is 1.24. The van der Waals surface area contributed by atoms with Gasteiger partial charge in [-0.2, -0.15) is 10.1 Å². The number of H-pyrrole nitrogens is 1. The third kappa shape index (κ3) is 3.26. The second-order valence-electron chi connectivity index (χ2n) is 7.08. The van der Waals surface area contributed by atoms with Gasteiger partial charge in [-0.15, -0.1) is 0 Å². The zero-order valence-corrected chi connectivity index (χ0v) is 15.5. The summed E-state index contributed by atoms with van der Waals surface area (Å²) >= 11 is 0. The molecule has 4 aromatic rings. The van der Waals surface area contributed by atoms with E-state index in [0.717, 1.165) is 41.9 Å². The van der Waals surface area contributed by atoms with Crippen LogP contribution in [0.4, 0.5) is 11.8 Å². The lowest BCUT2D eigenvalue weighted by atomic mass is 10.1. The van der Waals surface area contributed by atoms with Crippen molar-refractivity contribution >= 4 is 22.8 Å². The summed E-state index contributed by atoms with van der Waals surface area (Å²) in [4.78, 5) is 15.2. The van der Waals surface area contributed by atoms with Crippen molar-refractivity contribution in [1.82, 2.24) is 30.3 Å². The predicted octanol–water partition coefficient (Wildman–Crippen LogP) is 2.33. The molecular weight excluding hydrogens is 356 g/mol. The van der Waals surface area contributed by atoms with Gasteiger partial charge in [0, 0.05) is 19.1 Å². The number of rotatable bonds is 5. The zero-order valence-electron chi connectivity index (χ0n) is 15.5. The maximum atomic E-state index is 5.46. The van der Waals surface area contributed by atoms with Crippen LogP contribution in [0, 0.1) is 6.92 Å². The third-order valence-corrected chi connectivity index (χ3v) is 4.99. The maximum Gasteiger partial charge on any atom is 0.266 e. The molecule has 28 heavy (non-hydrogen) atoms. The summed E-state index contributed by atoms with van der Waals surface area (Å²) in [6.45, 7) is 3.72. The minimum atomic E-state index is 0.243. The number of hydrogen-bond donors (Lipinski definition) is 2. The van der Waals surface area contributed by atoms with Crippen molar-refractivity contribution in [3.05, 3.63) is 53.8 Å². The molecule has 9 heteroatoms. The molecule has 1 aliphatic rings. The summed E-state index contributed by atoms with van der Waals surface area (Å²) in [5.74, 6) is 2.06. The number of nitrogens with zero attached hydrogens (tertiary/aromatic N) is 6. The Morgan fingerprint density at radius 1 is 1.25 bits per heavy atom. The Morgan fingerprint density at radius 3 is 3.04 bits per heavy atom. The van der Waals surface area contributed by atoms with Crippen molar-refractivity contribution in [2.45, 2.75) is 25.8 Å². The largest absolute Gasteiger partial charge is 0.365 e. The Hall–Kier alpha value is -3.49. The standard InChI is InChI=1S/C19H20N8O/c1-12-2-4-13(5-3-12)8-16-24-19(26-28-16)27-7-6-14(10-27)23-17-15-9-22-25-18(15)21-11-20-17/h2-5,9,11,14H,6-8,10H2,1H3,(H2,20,21,22,23,25)/t14-/m0/s1. The van der Waals surface area contributed by atoms with E-state index in [1.54, 1.807) is 6.20 Å². The number of hydrogen-bond acceptors (Lipinski definition) is 8. The minimum Gasteiger partial charge on any atom is -0.365 e. The highest BCUT2D eigenvalue weighted by Crippen LogP contribution is 2.23. The van der Waals surface area contributed by atoms with Gasteiger partial charge < -0.3 is 14.7 Å². The molecule has 1 fully saturated rings. The van der Waals surface area contributed by atoms with Crippen molar-refractivity contribution < 1.29 is 4.52 Å². The van der Waals surface area contributed by atoms with Crippen LogP contribution in [-0.4, -0.2) is 49.4 Å². The summed E-state index contributed by atoms with van der Waals surface area (Å²) in [7, 11) is 0. The van der Waals surface area contributed by atoms with E-state index in [9.17, 15) is 0 Å². The molecule has 0 bridgehead atoms. The topological polar surface area (TPSA) is 109 Å². The number of anilines is 2. The summed E-state index contributed by atoms with van der Waals surface area (Å²) < 4.78 is 5.46. The Bertz CT molecular complexity index is 1090. The Labute approximate surface area is 161 Å². The monoisotopic (exact) mass is 376 g/mol. The van der Waals surface area contributed by atoms with Crippen molar-refractivity contribution in [2.24, 2.45) is 0 Å². The summed E-state index contributed by atoms with van der Waals surface area (Å²) in [5.41, 5.74) is 3.13. The lowest BCUT2D eigenvalue weighted by Crippen LogP contribution is -2.27. The second kappa shape index (κ2) is 6.91. The van der Waals surface area contributed by atoms with Crippen LogP contribution in [0.3, 0.4) is 0 Å². The zero-order chi connectivity index (χ0) is 18.9. The van der Waals surface area contributed by atoms with E-state index in [2.05, 4.69) is 71.7 Å². The smallest absolute Gasteiger partial charge is 0.266 e. The van der Waals surface area contributed by atoms with Crippen LogP contribution in [0.1, 0.15) is 23.4 Å². The number of nitrogens with one attached hydrogen (secondary N) is 2. The molecule has 5 rings (SSSR count). The number of aromatic nitrogens is 6. The lowest BCUT2D eigenvalue weighted by molar-refractivity contribution is 0.384. The van der Waals surface area contributed by atoms with Gasteiger partial charge in [-0.25, -0.2) is 9.97 Å². The van der Waals surface area contributed by atoms with Crippen LogP contribution >= 0.6 is 0 Å². The van der Waals surface area contributed by atoms with Crippen LogP contribution in [0.15, 0.2) is 41.3 Å². The van der Waals surface area contributed by atoms with E-state index in [0.29, 0.717) is 18.3 Å². The van der Waals surface area contributed by atoms with Gasteiger partial charge in [0.1, 0.15) is 12.1 Å². The Morgan fingerprint density at radius 2 is 2.14 bits per heavy atom. The highest BCUT2D eigenvalue weighted by Gasteiger charge is 2.26. The van der Waals surface area contributed by atoms with E-state index < -0.39 is 0 Å². The van der Waals surface area contributed by atoms with Gasteiger partial charge in [-0.3, -0.25) is 5.10 Å². The maximum absolute atomic E-state index is 5.46. The van der Waals surface area contributed by atoms with Gasteiger partial charge in [-0.05, 0) is 24.1 Å². The number of benzene rings is 1. The molecule has 0 spiro atoms. The highest BCUT2D eigenvalue weighted by atomic mass is 16.5. The van der Waals surface area contributed by atoms with E-state index >= 15 is 0 Å². The first-order chi connectivity index (χ1) is 13.7. The molecule has 1 atom stereocenters. The van der Waals surface area contributed by atoms with Crippen molar-refractivity contribution in [3.63, 3.8) is 0 Å². The lowest BCUT2D eigenvalue weighted by Gasteiger charge is -2.15. The van der Waals surface area contributed by atoms with Gasteiger partial charge in [-0.1, -0.05) is 29.8 Å². The highest BCUT2D eigenvalue weighted by molar-refractivity contribution is 5.85. The molecule has 1 aliphatic heterocycles. The van der Waals surface area contributed by atoms with Crippen molar-refractivity contribution in [1.29, 1.82) is 0 Å². The number of aryl methyl sites for hydroxylation is 1. The third-order valence-electron chi connectivity index (χ3n) is 4.99. The normalized spacial score (nSPS) is 16.8. The molecule has 0 aliphatic carbocycles. The van der Waals surface area contributed by atoms with Crippen LogP contribution in [0.25, 0.3) is 11.0 Å². The van der Waals surface area contributed by atoms with Crippen LogP contribution in [-0.2, 0) is 6.42 Å².